The Bertz CT molecular complexity index is 1350. The number of nitrogens with zero attached hydrogens (tertiary/aromatic N) is 4. The number of thiazole rings is 1. The van der Waals surface area contributed by atoms with Crippen LogP contribution < -0.4 is 5.32 Å². The van der Waals surface area contributed by atoms with Gasteiger partial charge in [0.05, 0.1) is 11.4 Å². The summed E-state index contributed by atoms with van der Waals surface area (Å²) in [6.07, 6.45) is 3.65. The van der Waals surface area contributed by atoms with Crippen molar-refractivity contribution in [3.05, 3.63) is 59.7 Å². The number of furan rings is 1. The third kappa shape index (κ3) is 3.57. The van der Waals surface area contributed by atoms with E-state index in [0.717, 1.165) is 51.7 Å². The highest BCUT2D eigenvalue weighted by Gasteiger charge is 2.12. The minimum absolute atomic E-state index is 0.110. The molecular weight excluding hydrogens is 398 g/mol. The third-order valence-electron chi connectivity index (χ3n) is 4.82. The van der Waals surface area contributed by atoms with Crippen molar-refractivity contribution in [2.24, 2.45) is 0 Å². The predicted octanol–water partition coefficient (Wildman–Crippen LogP) is 4.89. The predicted molar refractivity (Wildman–Crippen MR) is 117 cm³/mol. The SMILES string of the molecule is CCCc1cn(CC(=O)Nc2nc(-c3ccc4oc5ccccc5c4c3)cs2)nn1. The molecule has 0 aliphatic heterocycles. The number of carbonyl (C=O) groups excluding carboxylic acids is 1. The highest BCUT2D eigenvalue weighted by Crippen LogP contribution is 2.33. The number of hydrogen-bond acceptors (Lipinski definition) is 6. The second-order valence-corrected chi connectivity index (χ2v) is 7.91. The molecule has 5 rings (SSSR count). The molecule has 0 spiro atoms. The van der Waals surface area contributed by atoms with Crippen LogP contribution in [0.15, 0.2) is 58.5 Å². The molecule has 150 valence electrons. The molecule has 3 aromatic heterocycles. The second kappa shape index (κ2) is 7.72. The Morgan fingerprint density at radius 2 is 2.03 bits per heavy atom. The fraction of sp³-hybridized carbons (Fsp3) is 0.182. The van der Waals surface area contributed by atoms with Crippen molar-refractivity contribution in [2.45, 2.75) is 26.3 Å². The number of anilines is 1. The molecule has 7 nitrogen and oxygen atoms in total. The summed E-state index contributed by atoms with van der Waals surface area (Å²) in [6, 6.07) is 14.0. The number of nitrogens with one attached hydrogen (secondary N) is 1. The van der Waals surface area contributed by atoms with Crippen molar-refractivity contribution in [2.75, 3.05) is 5.32 Å². The van der Waals surface area contributed by atoms with Gasteiger partial charge in [-0.05, 0) is 30.7 Å². The summed E-state index contributed by atoms with van der Waals surface area (Å²) < 4.78 is 7.43. The van der Waals surface area contributed by atoms with Crippen molar-refractivity contribution in [3.8, 4) is 11.3 Å². The summed E-state index contributed by atoms with van der Waals surface area (Å²) in [5.74, 6) is -0.180. The zero-order chi connectivity index (χ0) is 20.5. The molecular formula is C22H19N5O2S. The topological polar surface area (TPSA) is 85.8 Å². The van der Waals surface area contributed by atoms with Gasteiger partial charge in [0.25, 0.3) is 0 Å². The maximum atomic E-state index is 12.3. The van der Waals surface area contributed by atoms with Gasteiger partial charge in [-0.3, -0.25) is 4.79 Å². The van der Waals surface area contributed by atoms with E-state index in [9.17, 15) is 4.79 Å². The van der Waals surface area contributed by atoms with Crippen molar-refractivity contribution < 1.29 is 9.21 Å². The zero-order valence-corrected chi connectivity index (χ0v) is 17.1. The van der Waals surface area contributed by atoms with Gasteiger partial charge in [-0.15, -0.1) is 16.4 Å². The number of benzene rings is 2. The Kier molecular flexibility index (Phi) is 4.76. The molecule has 0 radical (unpaired) electrons. The van der Waals surface area contributed by atoms with E-state index in [2.05, 4.69) is 33.6 Å². The molecule has 2 aromatic carbocycles. The van der Waals surface area contributed by atoms with Crippen molar-refractivity contribution in [1.29, 1.82) is 0 Å². The van der Waals surface area contributed by atoms with Crippen LogP contribution in [0.5, 0.6) is 0 Å². The van der Waals surface area contributed by atoms with Gasteiger partial charge < -0.3 is 9.73 Å². The molecule has 8 heteroatoms. The molecule has 30 heavy (non-hydrogen) atoms. The first kappa shape index (κ1) is 18.5. The van der Waals surface area contributed by atoms with Crippen LogP contribution in [0.3, 0.4) is 0 Å². The van der Waals surface area contributed by atoms with Gasteiger partial charge in [0, 0.05) is 27.9 Å². The van der Waals surface area contributed by atoms with Gasteiger partial charge in [-0.1, -0.05) is 36.8 Å². The third-order valence-corrected chi connectivity index (χ3v) is 5.58. The molecule has 0 bridgehead atoms. The number of aryl methyl sites for hydroxylation is 1. The number of amides is 1. The number of carbonyl (C=O) groups is 1. The highest BCUT2D eigenvalue weighted by molar-refractivity contribution is 7.14. The number of aromatic nitrogens is 4. The van der Waals surface area contributed by atoms with E-state index >= 15 is 0 Å². The first-order valence-corrected chi connectivity index (χ1v) is 10.6. The number of fused-ring (bicyclic) bond motifs is 3. The first-order valence-electron chi connectivity index (χ1n) is 9.75. The number of para-hydroxylation sites is 1. The second-order valence-electron chi connectivity index (χ2n) is 7.05. The Labute approximate surface area is 176 Å². The smallest absolute Gasteiger partial charge is 0.247 e. The van der Waals surface area contributed by atoms with Crippen LogP contribution in [0.2, 0.25) is 0 Å². The lowest BCUT2D eigenvalue weighted by Crippen LogP contribution is -2.19. The first-order chi connectivity index (χ1) is 14.7. The monoisotopic (exact) mass is 417 g/mol. The summed E-state index contributed by atoms with van der Waals surface area (Å²) in [4.78, 5) is 16.9. The van der Waals surface area contributed by atoms with Gasteiger partial charge in [-0.2, -0.15) is 0 Å². The normalized spacial score (nSPS) is 11.4. The Morgan fingerprint density at radius 3 is 2.93 bits per heavy atom. The fourth-order valence-electron chi connectivity index (χ4n) is 3.44. The standard InChI is InChI=1S/C22H19N5O2S/c1-2-5-15-11-27(26-25-15)12-21(28)24-22-23-18(13-30-22)14-8-9-20-17(10-14)16-6-3-4-7-19(16)29-20/h3-4,6-11,13H,2,5,12H2,1H3,(H,23,24,28). The molecule has 3 heterocycles. The lowest BCUT2D eigenvalue weighted by molar-refractivity contribution is -0.116. The van der Waals surface area contributed by atoms with Gasteiger partial charge in [0.2, 0.25) is 5.91 Å². The number of hydrogen-bond donors (Lipinski definition) is 1. The van der Waals surface area contributed by atoms with Crippen LogP contribution in [0.1, 0.15) is 19.0 Å². The van der Waals surface area contributed by atoms with Gasteiger partial charge in [0.1, 0.15) is 17.7 Å². The summed E-state index contributed by atoms with van der Waals surface area (Å²) in [7, 11) is 0. The van der Waals surface area contributed by atoms with E-state index in [1.165, 1.54) is 11.3 Å². The summed E-state index contributed by atoms with van der Waals surface area (Å²) in [5, 5.41) is 15.5. The lowest BCUT2D eigenvalue weighted by Gasteiger charge is -2.01. The van der Waals surface area contributed by atoms with E-state index in [0.29, 0.717) is 5.13 Å². The van der Waals surface area contributed by atoms with Gasteiger partial charge >= 0.3 is 0 Å². The molecule has 1 N–H and O–H groups in total. The largest absolute Gasteiger partial charge is 0.456 e. The molecule has 1 amide bonds. The average Bonchev–Trinajstić information content (AvgIpc) is 3.46. The molecule has 5 aromatic rings. The quantitative estimate of drug-likeness (QED) is 0.425. The molecule has 0 aliphatic carbocycles. The van der Waals surface area contributed by atoms with Crippen molar-refractivity contribution in [1.82, 2.24) is 20.0 Å². The van der Waals surface area contributed by atoms with Crippen molar-refractivity contribution in [3.63, 3.8) is 0 Å². The highest BCUT2D eigenvalue weighted by atomic mass is 32.1. The summed E-state index contributed by atoms with van der Waals surface area (Å²) in [6.45, 7) is 2.19. The minimum Gasteiger partial charge on any atom is -0.456 e. The van der Waals surface area contributed by atoms with E-state index in [-0.39, 0.29) is 12.5 Å². The maximum Gasteiger partial charge on any atom is 0.247 e. The maximum absolute atomic E-state index is 12.3. The molecule has 0 saturated heterocycles. The summed E-state index contributed by atoms with van der Waals surface area (Å²) in [5.41, 5.74) is 4.40. The molecule has 0 unspecified atom stereocenters. The molecule has 0 saturated carbocycles. The van der Waals surface area contributed by atoms with Crippen LogP contribution in [0.4, 0.5) is 5.13 Å². The van der Waals surface area contributed by atoms with E-state index in [1.54, 1.807) is 10.9 Å². The van der Waals surface area contributed by atoms with Crippen LogP contribution in [0, 0.1) is 0 Å². The Hall–Kier alpha value is -3.52. The Balaban J connectivity index is 1.33. The van der Waals surface area contributed by atoms with Crippen LogP contribution >= 0.6 is 11.3 Å². The molecule has 0 fully saturated rings. The van der Waals surface area contributed by atoms with E-state index < -0.39 is 0 Å². The van der Waals surface area contributed by atoms with Crippen LogP contribution in [-0.4, -0.2) is 25.9 Å². The molecule has 0 atom stereocenters. The van der Waals surface area contributed by atoms with Gasteiger partial charge in [0.15, 0.2) is 5.13 Å². The van der Waals surface area contributed by atoms with Gasteiger partial charge in [-0.25, -0.2) is 9.67 Å². The van der Waals surface area contributed by atoms with Crippen molar-refractivity contribution >= 4 is 44.3 Å². The Morgan fingerprint density at radius 1 is 1.17 bits per heavy atom. The minimum atomic E-state index is -0.180. The van der Waals surface area contributed by atoms with Crippen LogP contribution in [-0.2, 0) is 17.8 Å². The van der Waals surface area contributed by atoms with Crippen LogP contribution in [0.25, 0.3) is 33.2 Å². The number of rotatable bonds is 6. The summed E-state index contributed by atoms with van der Waals surface area (Å²) >= 11 is 1.40. The fourth-order valence-corrected chi connectivity index (χ4v) is 4.18. The average molecular weight is 417 g/mol. The molecule has 0 aliphatic rings. The zero-order valence-electron chi connectivity index (χ0n) is 16.3. The van der Waals surface area contributed by atoms with E-state index in [4.69, 9.17) is 4.42 Å². The lowest BCUT2D eigenvalue weighted by atomic mass is 10.1. The van der Waals surface area contributed by atoms with E-state index in [1.807, 2.05) is 41.8 Å².